The summed E-state index contributed by atoms with van der Waals surface area (Å²) in [6, 6.07) is 12.3. The molecule has 112 valence electrons. The maximum Gasteiger partial charge on any atom is 0.0453 e. The van der Waals surface area contributed by atoms with Crippen LogP contribution in [0.1, 0.15) is 29.7 Å². The molecular weight excluding hydrogens is 369 g/mol. The van der Waals surface area contributed by atoms with Gasteiger partial charge in [-0.25, -0.2) is 0 Å². The van der Waals surface area contributed by atoms with E-state index in [0.29, 0.717) is 0 Å². The number of hydrogen-bond acceptors (Lipinski definition) is 1. The van der Waals surface area contributed by atoms with E-state index in [1.165, 1.54) is 11.1 Å². The zero-order valence-corrected chi connectivity index (χ0v) is 15.2. The van der Waals surface area contributed by atoms with E-state index in [1.54, 1.807) is 0 Å². The second-order valence-corrected chi connectivity index (χ2v) is 6.81. The number of nitrogens with one attached hydrogen (secondary N) is 1. The fraction of sp³-hybridized carbons (Fsp3) is 0.294. The summed E-state index contributed by atoms with van der Waals surface area (Å²) in [5, 5.41) is 4.96. The lowest BCUT2D eigenvalue weighted by Gasteiger charge is -2.21. The first-order chi connectivity index (χ1) is 10.0. The monoisotopic (exact) mass is 385 g/mol. The Labute approximate surface area is 144 Å². The van der Waals surface area contributed by atoms with Gasteiger partial charge in [0.25, 0.3) is 0 Å². The van der Waals surface area contributed by atoms with E-state index in [2.05, 4.69) is 53.3 Å². The van der Waals surface area contributed by atoms with Gasteiger partial charge in [0.1, 0.15) is 0 Å². The van der Waals surface area contributed by atoms with Gasteiger partial charge in [-0.2, -0.15) is 0 Å². The molecule has 0 heterocycles. The summed E-state index contributed by atoms with van der Waals surface area (Å²) in [6.45, 7) is 5.09. The largest absolute Gasteiger partial charge is 0.310 e. The van der Waals surface area contributed by atoms with Crippen molar-refractivity contribution in [2.45, 2.75) is 26.3 Å². The van der Waals surface area contributed by atoms with Crippen molar-refractivity contribution >= 4 is 39.1 Å². The van der Waals surface area contributed by atoms with Gasteiger partial charge in [0, 0.05) is 20.6 Å². The van der Waals surface area contributed by atoms with Gasteiger partial charge in [0.2, 0.25) is 0 Å². The summed E-state index contributed by atoms with van der Waals surface area (Å²) >= 11 is 16.2. The second kappa shape index (κ2) is 7.64. The molecule has 2 aromatic rings. The highest BCUT2D eigenvalue weighted by atomic mass is 79.9. The Kier molecular flexibility index (Phi) is 6.12. The molecule has 0 aliphatic rings. The molecule has 0 aliphatic carbocycles. The minimum absolute atomic E-state index is 0.184. The normalized spacial score (nSPS) is 12.4. The molecule has 2 aromatic carbocycles. The quantitative estimate of drug-likeness (QED) is 0.668. The van der Waals surface area contributed by atoms with Crippen LogP contribution >= 0.6 is 39.1 Å². The molecule has 0 spiro atoms. The Balaban J connectivity index is 2.35. The molecule has 0 saturated carbocycles. The van der Waals surface area contributed by atoms with E-state index in [0.717, 1.165) is 33.0 Å². The molecule has 1 N–H and O–H groups in total. The number of aryl methyl sites for hydroxylation is 1. The minimum atomic E-state index is 0.184. The van der Waals surface area contributed by atoms with E-state index >= 15 is 0 Å². The van der Waals surface area contributed by atoms with Gasteiger partial charge < -0.3 is 5.32 Å². The fourth-order valence-corrected chi connectivity index (χ4v) is 3.63. The van der Waals surface area contributed by atoms with Crippen LogP contribution in [0.4, 0.5) is 0 Å². The molecule has 2 rings (SSSR count). The smallest absolute Gasteiger partial charge is 0.0453 e. The third kappa shape index (κ3) is 4.46. The highest BCUT2D eigenvalue weighted by molar-refractivity contribution is 9.10. The van der Waals surface area contributed by atoms with Crippen LogP contribution in [-0.4, -0.2) is 6.54 Å². The molecule has 0 fully saturated rings. The minimum Gasteiger partial charge on any atom is -0.310 e. The number of halogens is 3. The SMILES string of the molecule is CCNC(Cc1c(Cl)cccc1Cl)c1cc(C)cc(Br)c1. The van der Waals surface area contributed by atoms with E-state index < -0.39 is 0 Å². The molecule has 1 unspecified atom stereocenters. The molecule has 1 nitrogen and oxygen atoms in total. The third-order valence-corrected chi connectivity index (χ3v) is 4.55. The molecule has 4 heteroatoms. The lowest BCUT2D eigenvalue weighted by molar-refractivity contribution is 0.549. The van der Waals surface area contributed by atoms with Crippen molar-refractivity contribution in [3.63, 3.8) is 0 Å². The van der Waals surface area contributed by atoms with Crippen LogP contribution in [0.15, 0.2) is 40.9 Å². The first-order valence-electron chi connectivity index (χ1n) is 6.94. The fourth-order valence-electron chi connectivity index (χ4n) is 2.45. The van der Waals surface area contributed by atoms with Crippen molar-refractivity contribution in [3.8, 4) is 0 Å². The Morgan fingerprint density at radius 1 is 1.14 bits per heavy atom. The maximum absolute atomic E-state index is 6.30. The predicted molar refractivity (Wildman–Crippen MR) is 95.5 cm³/mol. The predicted octanol–water partition coefficient (Wildman–Crippen LogP) is 5.96. The Bertz CT molecular complexity index is 588. The molecule has 0 saturated heterocycles. The van der Waals surface area contributed by atoms with Crippen LogP contribution in [0.5, 0.6) is 0 Å². The first kappa shape index (κ1) is 16.8. The molecule has 1 atom stereocenters. The highest BCUT2D eigenvalue weighted by Gasteiger charge is 2.16. The average molecular weight is 387 g/mol. The Hall–Kier alpha value is -0.540. The molecule has 0 bridgehead atoms. The lowest BCUT2D eigenvalue weighted by atomic mass is 9.97. The molecule has 0 aliphatic heterocycles. The third-order valence-electron chi connectivity index (χ3n) is 3.39. The topological polar surface area (TPSA) is 12.0 Å². The maximum atomic E-state index is 6.30. The van der Waals surface area contributed by atoms with E-state index in [9.17, 15) is 0 Å². The zero-order valence-electron chi connectivity index (χ0n) is 12.1. The molecule has 0 radical (unpaired) electrons. The van der Waals surface area contributed by atoms with Crippen LogP contribution in [0.2, 0.25) is 10.0 Å². The molecule has 21 heavy (non-hydrogen) atoms. The number of hydrogen-bond donors (Lipinski definition) is 1. The summed E-state index contributed by atoms with van der Waals surface area (Å²) in [5.41, 5.74) is 3.46. The summed E-state index contributed by atoms with van der Waals surface area (Å²) in [4.78, 5) is 0. The van der Waals surface area contributed by atoms with Gasteiger partial charge in [-0.3, -0.25) is 0 Å². The number of benzene rings is 2. The van der Waals surface area contributed by atoms with Crippen molar-refractivity contribution in [1.82, 2.24) is 5.32 Å². The Morgan fingerprint density at radius 3 is 2.38 bits per heavy atom. The summed E-state index contributed by atoms with van der Waals surface area (Å²) in [5.74, 6) is 0. The first-order valence-corrected chi connectivity index (χ1v) is 8.49. The van der Waals surface area contributed by atoms with Crippen LogP contribution in [0.3, 0.4) is 0 Å². The van der Waals surface area contributed by atoms with Gasteiger partial charge >= 0.3 is 0 Å². The summed E-state index contributed by atoms with van der Waals surface area (Å²) in [7, 11) is 0. The molecular formula is C17H18BrCl2N. The van der Waals surface area contributed by atoms with Crippen molar-refractivity contribution in [2.24, 2.45) is 0 Å². The van der Waals surface area contributed by atoms with Crippen LogP contribution < -0.4 is 5.32 Å². The van der Waals surface area contributed by atoms with E-state index in [-0.39, 0.29) is 6.04 Å². The lowest BCUT2D eigenvalue weighted by Crippen LogP contribution is -2.23. The van der Waals surface area contributed by atoms with Gasteiger partial charge in [0.15, 0.2) is 0 Å². The highest BCUT2D eigenvalue weighted by Crippen LogP contribution is 2.30. The number of likely N-dealkylation sites (N-methyl/N-ethyl adjacent to an activating group) is 1. The van der Waals surface area contributed by atoms with Crippen LogP contribution in [0, 0.1) is 6.92 Å². The van der Waals surface area contributed by atoms with E-state index in [1.807, 2.05) is 18.2 Å². The second-order valence-electron chi connectivity index (χ2n) is 5.08. The van der Waals surface area contributed by atoms with Crippen molar-refractivity contribution in [2.75, 3.05) is 6.54 Å². The Morgan fingerprint density at radius 2 is 1.81 bits per heavy atom. The van der Waals surface area contributed by atoms with Gasteiger partial charge in [0.05, 0.1) is 0 Å². The van der Waals surface area contributed by atoms with Crippen molar-refractivity contribution in [1.29, 1.82) is 0 Å². The molecule has 0 amide bonds. The van der Waals surface area contributed by atoms with Crippen LogP contribution in [0.25, 0.3) is 0 Å². The summed E-state index contributed by atoms with van der Waals surface area (Å²) in [6.07, 6.45) is 0.766. The van der Waals surface area contributed by atoms with Crippen molar-refractivity contribution < 1.29 is 0 Å². The van der Waals surface area contributed by atoms with E-state index in [4.69, 9.17) is 23.2 Å². The van der Waals surface area contributed by atoms with Crippen molar-refractivity contribution in [3.05, 3.63) is 67.6 Å². The average Bonchev–Trinajstić information content (AvgIpc) is 2.40. The van der Waals surface area contributed by atoms with Gasteiger partial charge in [-0.15, -0.1) is 0 Å². The summed E-state index contributed by atoms with van der Waals surface area (Å²) < 4.78 is 1.09. The van der Waals surface area contributed by atoms with Gasteiger partial charge in [-0.05, 0) is 60.8 Å². The standard InChI is InChI=1S/C17H18BrCl2N/c1-3-21-17(12-7-11(2)8-13(18)9-12)10-14-15(19)5-4-6-16(14)20/h4-9,17,21H,3,10H2,1-2H3. The van der Waals surface area contributed by atoms with Gasteiger partial charge in [-0.1, -0.05) is 58.2 Å². The van der Waals surface area contributed by atoms with Crippen LogP contribution in [-0.2, 0) is 6.42 Å². The zero-order chi connectivity index (χ0) is 15.4. The number of rotatable bonds is 5. The molecule has 0 aromatic heterocycles.